The van der Waals surface area contributed by atoms with Crippen LogP contribution in [0.5, 0.6) is 0 Å². The normalized spacial score (nSPS) is 10.5. The zero-order chi connectivity index (χ0) is 18.5. The van der Waals surface area contributed by atoms with E-state index in [2.05, 4.69) is 15.7 Å². The smallest absolute Gasteiger partial charge is 0.271 e. The highest BCUT2D eigenvalue weighted by Crippen LogP contribution is 2.12. The van der Waals surface area contributed by atoms with E-state index in [1.165, 1.54) is 4.68 Å². The van der Waals surface area contributed by atoms with Crippen molar-refractivity contribution in [2.75, 3.05) is 11.9 Å². The van der Waals surface area contributed by atoms with Crippen LogP contribution in [0.2, 0.25) is 0 Å². The van der Waals surface area contributed by atoms with Gasteiger partial charge in [0.05, 0.1) is 0 Å². The number of nitrogens with one attached hydrogen (secondary N) is 2. The molecule has 0 atom stereocenters. The molecule has 0 unspecified atom stereocenters. The third kappa shape index (κ3) is 4.18. The summed E-state index contributed by atoms with van der Waals surface area (Å²) < 4.78 is 6.93. The highest BCUT2D eigenvalue weighted by atomic mass is 16.3. The number of furan rings is 1. The van der Waals surface area contributed by atoms with Crippen LogP contribution in [-0.2, 0) is 13.5 Å². The molecule has 2 amide bonds. The van der Waals surface area contributed by atoms with Crippen LogP contribution in [0, 0.1) is 6.92 Å². The number of aryl methyl sites for hydroxylation is 2. The molecule has 7 nitrogen and oxygen atoms in total. The van der Waals surface area contributed by atoms with E-state index < -0.39 is 0 Å². The number of anilines is 1. The van der Waals surface area contributed by atoms with Gasteiger partial charge in [0.15, 0.2) is 5.69 Å². The third-order valence-electron chi connectivity index (χ3n) is 3.84. The van der Waals surface area contributed by atoms with Crippen molar-refractivity contribution in [3.63, 3.8) is 0 Å². The first-order chi connectivity index (χ1) is 12.5. The van der Waals surface area contributed by atoms with E-state index in [0.717, 1.165) is 11.5 Å². The summed E-state index contributed by atoms with van der Waals surface area (Å²) in [5, 5.41) is 9.70. The molecular weight excluding hydrogens is 332 g/mol. The number of nitrogens with zero attached hydrogens (tertiary/aromatic N) is 2. The van der Waals surface area contributed by atoms with Gasteiger partial charge in [-0.3, -0.25) is 14.3 Å². The highest BCUT2D eigenvalue weighted by Gasteiger charge is 2.15. The first-order valence-electron chi connectivity index (χ1n) is 8.27. The molecule has 0 saturated carbocycles. The van der Waals surface area contributed by atoms with E-state index in [9.17, 15) is 9.59 Å². The Labute approximate surface area is 151 Å². The molecular formula is C19H20N4O3. The number of carbonyl (C=O) groups excluding carboxylic acids is 2. The lowest BCUT2D eigenvalue weighted by Gasteiger charge is -2.04. The fourth-order valence-corrected chi connectivity index (χ4v) is 2.48. The minimum atomic E-state index is -0.302. The second-order valence-corrected chi connectivity index (χ2v) is 5.88. The summed E-state index contributed by atoms with van der Waals surface area (Å²) in [7, 11) is 1.67. The van der Waals surface area contributed by atoms with Crippen molar-refractivity contribution in [1.82, 2.24) is 15.1 Å². The zero-order valence-electron chi connectivity index (χ0n) is 14.7. The second kappa shape index (κ2) is 7.69. The van der Waals surface area contributed by atoms with Gasteiger partial charge < -0.3 is 15.1 Å². The van der Waals surface area contributed by atoms with Crippen LogP contribution in [0.4, 0.5) is 5.82 Å². The molecule has 0 fully saturated rings. The Morgan fingerprint density at radius 2 is 1.88 bits per heavy atom. The molecule has 0 aliphatic carbocycles. The van der Waals surface area contributed by atoms with Crippen LogP contribution in [0.25, 0.3) is 0 Å². The summed E-state index contributed by atoms with van der Waals surface area (Å²) in [6.07, 6.45) is 0.601. The monoisotopic (exact) mass is 352 g/mol. The molecule has 2 heterocycles. The molecule has 0 aliphatic heterocycles. The standard InChI is InChI=1S/C19H20N4O3/c1-13-8-9-15(26-13)10-11-20-19(25)16-12-17(23(2)22-16)21-18(24)14-6-4-3-5-7-14/h3-9,12H,10-11H2,1-2H3,(H,20,25)(H,21,24). The maximum Gasteiger partial charge on any atom is 0.271 e. The molecule has 134 valence electrons. The molecule has 26 heavy (non-hydrogen) atoms. The summed E-state index contributed by atoms with van der Waals surface area (Å²) >= 11 is 0. The quantitative estimate of drug-likeness (QED) is 0.713. The fourth-order valence-electron chi connectivity index (χ4n) is 2.48. The maximum absolute atomic E-state index is 12.2. The average molecular weight is 352 g/mol. The summed E-state index contributed by atoms with van der Waals surface area (Å²) in [6, 6.07) is 14.2. The van der Waals surface area contributed by atoms with Gasteiger partial charge >= 0.3 is 0 Å². The van der Waals surface area contributed by atoms with Gasteiger partial charge in [0.25, 0.3) is 11.8 Å². The lowest BCUT2D eigenvalue weighted by atomic mass is 10.2. The minimum Gasteiger partial charge on any atom is -0.466 e. The van der Waals surface area contributed by atoms with Crippen LogP contribution in [0.3, 0.4) is 0 Å². The van der Waals surface area contributed by atoms with Crippen molar-refractivity contribution >= 4 is 17.6 Å². The summed E-state index contributed by atoms with van der Waals surface area (Å²) in [5.74, 6) is 1.55. The van der Waals surface area contributed by atoms with Gasteiger partial charge in [0.2, 0.25) is 0 Å². The van der Waals surface area contributed by atoms with Gasteiger partial charge in [-0.1, -0.05) is 18.2 Å². The topological polar surface area (TPSA) is 89.2 Å². The summed E-state index contributed by atoms with van der Waals surface area (Å²) in [4.78, 5) is 24.4. The molecule has 0 saturated heterocycles. The Kier molecular flexibility index (Phi) is 5.17. The average Bonchev–Trinajstić information content (AvgIpc) is 3.21. The first kappa shape index (κ1) is 17.5. The number of carbonyl (C=O) groups is 2. The molecule has 3 aromatic rings. The van der Waals surface area contributed by atoms with Gasteiger partial charge in [-0.15, -0.1) is 0 Å². The van der Waals surface area contributed by atoms with Gasteiger partial charge in [0.1, 0.15) is 17.3 Å². The summed E-state index contributed by atoms with van der Waals surface area (Å²) in [6.45, 7) is 2.31. The Balaban J connectivity index is 1.58. The van der Waals surface area contributed by atoms with Crippen molar-refractivity contribution < 1.29 is 14.0 Å². The highest BCUT2D eigenvalue weighted by molar-refractivity contribution is 6.04. The second-order valence-electron chi connectivity index (χ2n) is 5.88. The van der Waals surface area contributed by atoms with Gasteiger partial charge in [0, 0.05) is 31.6 Å². The van der Waals surface area contributed by atoms with E-state index in [0.29, 0.717) is 24.3 Å². The van der Waals surface area contributed by atoms with Crippen LogP contribution in [0.1, 0.15) is 32.4 Å². The first-order valence-corrected chi connectivity index (χ1v) is 8.27. The van der Waals surface area contributed by atoms with E-state index in [-0.39, 0.29) is 17.5 Å². The molecule has 2 aromatic heterocycles. The number of hydrogen-bond donors (Lipinski definition) is 2. The van der Waals surface area contributed by atoms with E-state index in [4.69, 9.17) is 4.42 Å². The van der Waals surface area contributed by atoms with E-state index in [1.807, 2.05) is 25.1 Å². The Morgan fingerprint density at radius 3 is 2.58 bits per heavy atom. The van der Waals surface area contributed by atoms with Gasteiger partial charge in [-0.2, -0.15) is 5.10 Å². The van der Waals surface area contributed by atoms with E-state index in [1.54, 1.807) is 37.4 Å². The van der Waals surface area contributed by atoms with Crippen molar-refractivity contribution in [3.8, 4) is 0 Å². The largest absolute Gasteiger partial charge is 0.466 e. The molecule has 7 heteroatoms. The van der Waals surface area contributed by atoms with Crippen molar-refractivity contribution in [2.24, 2.45) is 7.05 Å². The predicted molar refractivity (Wildman–Crippen MR) is 97.1 cm³/mol. The molecule has 0 radical (unpaired) electrons. The number of hydrogen-bond acceptors (Lipinski definition) is 4. The number of aromatic nitrogens is 2. The minimum absolute atomic E-state index is 0.242. The predicted octanol–water partition coefficient (Wildman–Crippen LogP) is 2.55. The third-order valence-corrected chi connectivity index (χ3v) is 3.84. The molecule has 2 N–H and O–H groups in total. The molecule has 1 aromatic carbocycles. The number of amides is 2. The number of rotatable bonds is 6. The lowest BCUT2D eigenvalue weighted by molar-refractivity contribution is 0.0947. The van der Waals surface area contributed by atoms with Crippen molar-refractivity contribution in [1.29, 1.82) is 0 Å². The van der Waals surface area contributed by atoms with Crippen molar-refractivity contribution in [2.45, 2.75) is 13.3 Å². The van der Waals surface area contributed by atoms with Crippen LogP contribution >= 0.6 is 0 Å². The maximum atomic E-state index is 12.2. The Morgan fingerprint density at radius 1 is 1.12 bits per heavy atom. The lowest BCUT2D eigenvalue weighted by Crippen LogP contribution is -2.26. The fraction of sp³-hybridized carbons (Fsp3) is 0.211. The molecule has 0 aliphatic rings. The van der Waals surface area contributed by atoms with E-state index >= 15 is 0 Å². The van der Waals surface area contributed by atoms with Crippen LogP contribution < -0.4 is 10.6 Å². The zero-order valence-corrected chi connectivity index (χ0v) is 14.7. The SMILES string of the molecule is Cc1ccc(CCNC(=O)c2cc(NC(=O)c3ccccc3)n(C)n2)o1. The molecule has 0 spiro atoms. The molecule has 3 rings (SSSR count). The Hall–Kier alpha value is -3.35. The van der Waals surface area contributed by atoms with Gasteiger partial charge in [-0.25, -0.2) is 0 Å². The van der Waals surface area contributed by atoms with Crippen molar-refractivity contribution in [3.05, 3.63) is 71.3 Å². The molecule has 0 bridgehead atoms. The van der Waals surface area contributed by atoms with Crippen LogP contribution in [-0.4, -0.2) is 28.1 Å². The van der Waals surface area contributed by atoms with Crippen LogP contribution in [0.15, 0.2) is 52.9 Å². The van der Waals surface area contributed by atoms with Gasteiger partial charge in [-0.05, 0) is 31.2 Å². The Bertz CT molecular complexity index is 912. The number of benzene rings is 1. The summed E-state index contributed by atoms with van der Waals surface area (Å²) in [5.41, 5.74) is 0.778.